The molecule has 0 fully saturated rings. The highest BCUT2D eigenvalue weighted by Gasteiger charge is 2.13. The first kappa shape index (κ1) is 19.8. The van der Waals surface area contributed by atoms with E-state index in [2.05, 4.69) is 38.8 Å². The summed E-state index contributed by atoms with van der Waals surface area (Å²) in [5.41, 5.74) is 0. The van der Waals surface area contributed by atoms with Gasteiger partial charge in [-0.2, -0.15) is 0 Å². The maximum Gasteiger partial charge on any atom is 0.0350 e. The van der Waals surface area contributed by atoms with Crippen molar-refractivity contribution in [2.24, 2.45) is 5.92 Å². The number of nitrogens with zero attached hydrogens (tertiary/aromatic N) is 1. The molecule has 0 rings (SSSR count). The smallest absolute Gasteiger partial charge is 0.0350 e. The highest BCUT2D eigenvalue weighted by Crippen LogP contribution is 2.14. The van der Waals surface area contributed by atoms with E-state index in [1.807, 2.05) is 40.1 Å². The summed E-state index contributed by atoms with van der Waals surface area (Å²) in [7, 11) is 0. The minimum Gasteiger partial charge on any atom is -0.352 e. The van der Waals surface area contributed by atoms with E-state index in [1.54, 1.807) is 0 Å². The van der Waals surface area contributed by atoms with Gasteiger partial charge < -0.3 is 4.90 Å². The molecule has 0 aliphatic carbocycles. The third-order valence-corrected chi connectivity index (χ3v) is 1.99. The van der Waals surface area contributed by atoms with Crippen molar-refractivity contribution in [3.05, 3.63) is 25.6 Å². The monoisotopic (exact) mass is 213 g/mol. The molecule has 1 heteroatoms. The predicted molar refractivity (Wildman–Crippen MR) is 73.8 cm³/mol. The lowest BCUT2D eigenvalue weighted by Crippen LogP contribution is -2.29. The largest absolute Gasteiger partial charge is 0.352 e. The second-order valence-corrected chi connectivity index (χ2v) is 3.03. The highest BCUT2D eigenvalue weighted by molar-refractivity contribution is 4.88. The first-order valence-electron chi connectivity index (χ1n) is 6.19. The topological polar surface area (TPSA) is 3.24 Å². The summed E-state index contributed by atoms with van der Waals surface area (Å²) >= 11 is 0. The maximum absolute atomic E-state index is 3.74. The first-order chi connectivity index (χ1) is 7.17. The van der Waals surface area contributed by atoms with Gasteiger partial charge in [-0.1, -0.05) is 61.6 Å². The van der Waals surface area contributed by atoms with Gasteiger partial charge in [-0.15, -0.1) is 0 Å². The Kier molecular flexibility index (Phi) is 20.8. The average molecular weight is 213 g/mol. The Bertz CT molecular complexity index is 119. The summed E-state index contributed by atoms with van der Waals surface area (Å²) in [6, 6.07) is 0.546. The van der Waals surface area contributed by atoms with Crippen molar-refractivity contribution in [2.45, 2.75) is 60.9 Å². The molecule has 0 amide bonds. The summed E-state index contributed by atoms with van der Waals surface area (Å²) in [4.78, 5) is 2.07. The van der Waals surface area contributed by atoms with Gasteiger partial charge in [0, 0.05) is 6.04 Å². The van der Waals surface area contributed by atoms with Crippen LogP contribution in [0.1, 0.15) is 54.9 Å². The van der Waals surface area contributed by atoms with Crippen molar-refractivity contribution in [1.29, 1.82) is 0 Å². The second-order valence-electron chi connectivity index (χ2n) is 3.03. The standard InChI is InChI=1S/C10H19N.2C2H6/c1-6-10(9(4)5)11(7-2)8-3;2*1-2/h7-10H,2-3,6H2,1,4-5H3;2*1-2H3. The lowest BCUT2D eigenvalue weighted by atomic mass is 10.0. The normalized spacial score (nSPS) is 10.1. The van der Waals surface area contributed by atoms with Crippen molar-refractivity contribution in [3.8, 4) is 0 Å². The Labute approximate surface area is 97.9 Å². The average Bonchev–Trinajstić information content (AvgIpc) is 2.30. The lowest BCUT2D eigenvalue weighted by molar-refractivity contribution is 0.278. The third kappa shape index (κ3) is 9.58. The van der Waals surface area contributed by atoms with Crippen LogP contribution in [0, 0.1) is 5.92 Å². The van der Waals surface area contributed by atoms with E-state index in [0.717, 1.165) is 6.42 Å². The van der Waals surface area contributed by atoms with Crippen LogP contribution in [0.25, 0.3) is 0 Å². The molecule has 1 unspecified atom stereocenters. The summed E-state index contributed by atoms with van der Waals surface area (Å²) in [5.74, 6) is 0.649. The molecule has 0 spiro atoms. The van der Waals surface area contributed by atoms with Crippen molar-refractivity contribution >= 4 is 0 Å². The van der Waals surface area contributed by atoms with Crippen molar-refractivity contribution in [1.82, 2.24) is 4.90 Å². The Morgan fingerprint density at radius 3 is 1.40 bits per heavy atom. The molecule has 0 aromatic rings. The lowest BCUT2D eigenvalue weighted by Gasteiger charge is -2.29. The highest BCUT2D eigenvalue weighted by atomic mass is 15.1. The molecule has 0 aliphatic rings. The van der Waals surface area contributed by atoms with Gasteiger partial charge in [0.2, 0.25) is 0 Å². The molecule has 0 heterocycles. The zero-order chi connectivity index (χ0) is 12.9. The number of hydrogen-bond acceptors (Lipinski definition) is 1. The van der Waals surface area contributed by atoms with Crippen LogP contribution in [0.4, 0.5) is 0 Å². The van der Waals surface area contributed by atoms with Gasteiger partial charge in [-0.3, -0.25) is 0 Å². The quantitative estimate of drug-likeness (QED) is 0.617. The number of rotatable bonds is 5. The van der Waals surface area contributed by atoms with Crippen LogP contribution >= 0.6 is 0 Å². The van der Waals surface area contributed by atoms with Crippen LogP contribution in [0.2, 0.25) is 0 Å². The molecule has 0 bridgehead atoms. The predicted octanol–water partition coefficient (Wildman–Crippen LogP) is 5.06. The van der Waals surface area contributed by atoms with Gasteiger partial charge in [0.15, 0.2) is 0 Å². The number of hydrogen-bond donors (Lipinski definition) is 0. The Hall–Kier alpha value is -0.720. The summed E-state index contributed by atoms with van der Waals surface area (Å²) < 4.78 is 0. The van der Waals surface area contributed by atoms with E-state index < -0.39 is 0 Å². The molecule has 0 N–H and O–H groups in total. The molecule has 0 saturated carbocycles. The molecule has 0 saturated heterocycles. The summed E-state index contributed by atoms with van der Waals surface area (Å²) in [6.45, 7) is 22.1. The molecule has 0 radical (unpaired) electrons. The fourth-order valence-corrected chi connectivity index (χ4v) is 1.37. The van der Waals surface area contributed by atoms with Gasteiger partial charge in [0.25, 0.3) is 0 Å². The van der Waals surface area contributed by atoms with Crippen molar-refractivity contribution in [2.75, 3.05) is 0 Å². The second kappa shape index (κ2) is 15.7. The minimum atomic E-state index is 0.546. The molecule has 0 aromatic carbocycles. The van der Waals surface area contributed by atoms with Crippen LogP contribution in [0.3, 0.4) is 0 Å². The van der Waals surface area contributed by atoms with Crippen LogP contribution < -0.4 is 0 Å². The molecule has 0 aliphatic heterocycles. The minimum absolute atomic E-state index is 0.546. The van der Waals surface area contributed by atoms with E-state index in [0.29, 0.717) is 12.0 Å². The van der Waals surface area contributed by atoms with Crippen molar-refractivity contribution in [3.63, 3.8) is 0 Å². The van der Waals surface area contributed by atoms with Crippen LogP contribution in [0.15, 0.2) is 25.6 Å². The van der Waals surface area contributed by atoms with E-state index in [4.69, 9.17) is 0 Å². The van der Waals surface area contributed by atoms with E-state index >= 15 is 0 Å². The van der Waals surface area contributed by atoms with Gasteiger partial charge in [0.05, 0.1) is 0 Å². The molecule has 1 nitrogen and oxygen atoms in total. The van der Waals surface area contributed by atoms with E-state index in [-0.39, 0.29) is 0 Å². The van der Waals surface area contributed by atoms with E-state index in [1.165, 1.54) is 0 Å². The molecule has 0 aromatic heterocycles. The van der Waals surface area contributed by atoms with Crippen LogP contribution in [0.5, 0.6) is 0 Å². The molecule has 15 heavy (non-hydrogen) atoms. The van der Waals surface area contributed by atoms with Gasteiger partial charge in [0.1, 0.15) is 0 Å². The maximum atomic E-state index is 3.74. The summed E-state index contributed by atoms with van der Waals surface area (Å²) in [5, 5.41) is 0. The zero-order valence-electron chi connectivity index (χ0n) is 11.9. The van der Waals surface area contributed by atoms with Gasteiger partial charge >= 0.3 is 0 Å². The molecular weight excluding hydrogens is 182 g/mol. The molecule has 92 valence electrons. The van der Waals surface area contributed by atoms with Crippen LogP contribution in [-0.4, -0.2) is 10.9 Å². The van der Waals surface area contributed by atoms with Crippen molar-refractivity contribution < 1.29 is 0 Å². The fraction of sp³-hybridized carbons (Fsp3) is 0.714. The third-order valence-electron chi connectivity index (χ3n) is 1.99. The zero-order valence-corrected chi connectivity index (χ0v) is 11.9. The summed E-state index contributed by atoms with van der Waals surface area (Å²) in [6.07, 6.45) is 4.80. The van der Waals surface area contributed by atoms with E-state index in [9.17, 15) is 0 Å². The van der Waals surface area contributed by atoms with Gasteiger partial charge in [-0.25, -0.2) is 0 Å². The van der Waals surface area contributed by atoms with Crippen LogP contribution in [-0.2, 0) is 0 Å². The Balaban J connectivity index is -0.000000318. The molecule has 1 atom stereocenters. The first-order valence-corrected chi connectivity index (χ1v) is 6.19. The SMILES string of the molecule is C=CN(C=C)C(CC)C(C)C.CC.CC. The van der Waals surface area contributed by atoms with Gasteiger partial charge in [-0.05, 0) is 24.7 Å². The Morgan fingerprint density at radius 1 is 1.00 bits per heavy atom. The Morgan fingerprint density at radius 2 is 1.33 bits per heavy atom. The fourth-order valence-electron chi connectivity index (χ4n) is 1.37. The molecular formula is C14H31N.